The molecule has 2 aromatic rings. The van der Waals surface area contributed by atoms with E-state index in [1.807, 2.05) is 73.1 Å². The van der Waals surface area contributed by atoms with Gasteiger partial charge in [-0.2, -0.15) is 0 Å². The molecular weight excluding hydrogens is 256 g/mol. The normalized spacial score (nSPS) is 14.7. The molecular formula is C19H16N2. The van der Waals surface area contributed by atoms with E-state index in [4.69, 9.17) is 0 Å². The van der Waals surface area contributed by atoms with Gasteiger partial charge < -0.3 is 0 Å². The zero-order chi connectivity index (χ0) is 14.3. The van der Waals surface area contributed by atoms with E-state index in [9.17, 15) is 0 Å². The van der Waals surface area contributed by atoms with Crippen LogP contribution in [-0.4, -0.2) is 12.4 Å². The molecule has 0 amide bonds. The van der Waals surface area contributed by atoms with Crippen LogP contribution in [0.4, 0.5) is 11.4 Å². The Morgan fingerprint density at radius 1 is 0.619 bits per heavy atom. The van der Waals surface area contributed by atoms with Crippen molar-refractivity contribution >= 4 is 23.8 Å². The largest absolute Gasteiger partial charge is 0.256 e. The summed E-state index contributed by atoms with van der Waals surface area (Å²) in [6.45, 7) is 0. The molecule has 0 N–H and O–H groups in total. The molecule has 0 aliphatic heterocycles. The van der Waals surface area contributed by atoms with Gasteiger partial charge in [0.05, 0.1) is 11.4 Å². The van der Waals surface area contributed by atoms with Crippen LogP contribution >= 0.6 is 0 Å². The lowest BCUT2D eigenvalue weighted by Crippen LogP contribution is -1.89. The van der Waals surface area contributed by atoms with Crippen LogP contribution in [-0.2, 0) is 0 Å². The number of nitrogens with zero attached hydrogens (tertiary/aromatic N) is 2. The molecule has 0 heterocycles. The van der Waals surface area contributed by atoms with Crippen molar-refractivity contribution in [3.63, 3.8) is 0 Å². The van der Waals surface area contributed by atoms with E-state index in [1.54, 1.807) is 0 Å². The average molecular weight is 272 g/mol. The Morgan fingerprint density at radius 3 is 1.48 bits per heavy atom. The molecule has 0 aromatic heterocycles. The minimum atomic E-state index is 0.937. The Balaban J connectivity index is 1.71. The lowest BCUT2D eigenvalue weighted by atomic mass is 10.1. The highest BCUT2D eigenvalue weighted by Crippen LogP contribution is 2.19. The lowest BCUT2D eigenvalue weighted by molar-refractivity contribution is 1.44. The van der Waals surface area contributed by atoms with Gasteiger partial charge >= 0.3 is 0 Å². The summed E-state index contributed by atoms with van der Waals surface area (Å²) in [6.07, 6.45) is 9.08. The summed E-state index contributed by atoms with van der Waals surface area (Å²) in [7, 11) is 0. The fourth-order valence-corrected chi connectivity index (χ4v) is 2.12. The van der Waals surface area contributed by atoms with Gasteiger partial charge in [0.25, 0.3) is 0 Å². The van der Waals surface area contributed by atoms with Crippen molar-refractivity contribution in [2.45, 2.75) is 6.42 Å². The van der Waals surface area contributed by atoms with Crippen LogP contribution in [0.25, 0.3) is 0 Å². The first-order valence-electron chi connectivity index (χ1n) is 7.01. The lowest BCUT2D eigenvalue weighted by Gasteiger charge is -1.98. The van der Waals surface area contributed by atoms with E-state index in [0.717, 1.165) is 28.9 Å². The van der Waals surface area contributed by atoms with Crippen LogP contribution in [0.3, 0.4) is 0 Å². The number of hydrogen-bond donors (Lipinski definition) is 0. The van der Waals surface area contributed by atoms with Gasteiger partial charge in [0, 0.05) is 12.4 Å². The number of aliphatic imine (C=N–C) groups is 2. The van der Waals surface area contributed by atoms with Crippen molar-refractivity contribution in [2.24, 2.45) is 9.98 Å². The molecule has 0 spiro atoms. The topological polar surface area (TPSA) is 24.7 Å². The fraction of sp³-hybridized carbons (Fsp3) is 0.0526. The molecule has 0 atom stereocenters. The van der Waals surface area contributed by atoms with Gasteiger partial charge in [-0.25, -0.2) is 0 Å². The number of allylic oxidation sites excluding steroid dienone is 4. The third-order valence-corrected chi connectivity index (χ3v) is 3.23. The summed E-state index contributed by atoms with van der Waals surface area (Å²) in [4.78, 5) is 9.00. The molecule has 0 unspecified atom stereocenters. The predicted octanol–water partition coefficient (Wildman–Crippen LogP) is 5.05. The van der Waals surface area contributed by atoms with Gasteiger partial charge in [-0.3, -0.25) is 9.98 Å². The third kappa shape index (κ3) is 3.63. The van der Waals surface area contributed by atoms with Gasteiger partial charge in [0.2, 0.25) is 0 Å². The molecule has 0 saturated carbocycles. The van der Waals surface area contributed by atoms with Gasteiger partial charge in [0.15, 0.2) is 0 Å². The molecule has 3 rings (SSSR count). The summed E-state index contributed by atoms with van der Waals surface area (Å²) < 4.78 is 0. The van der Waals surface area contributed by atoms with Crippen molar-refractivity contribution in [3.8, 4) is 0 Å². The van der Waals surface area contributed by atoms with Crippen molar-refractivity contribution in [1.29, 1.82) is 0 Å². The monoisotopic (exact) mass is 272 g/mol. The quantitative estimate of drug-likeness (QED) is 0.696. The summed E-state index contributed by atoms with van der Waals surface area (Å²) in [5.41, 5.74) is 4.17. The Labute approximate surface area is 124 Å². The molecule has 102 valence electrons. The first kappa shape index (κ1) is 13.3. The highest BCUT2D eigenvalue weighted by molar-refractivity contribution is 6.01. The minimum absolute atomic E-state index is 0.937. The second-order valence-electron chi connectivity index (χ2n) is 4.74. The van der Waals surface area contributed by atoms with E-state index < -0.39 is 0 Å². The molecule has 21 heavy (non-hydrogen) atoms. The zero-order valence-corrected chi connectivity index (χ0v) is 11.7. The zero-order valence-electron chi connectivity index (χ0n) is 11.7. The second kappa shape index (κ2) is 6.62. The highest BCUT2D eigenvalue weighted by Gasteiger charge is 2.05. The molecule has 1 aliphatic carbocycles. The fourth-order valence-electron chi connectivity index (χ4n) is 2.12. The van der Waals surface area contributed by atoms with Gasteiger partial charge in [-0.1, -0.05) is 48.6 Å². The van der Waals surface area contributed by atoms with Crippen LogP contribution in [0.5, 0.6) is 0 Å². The highest BCUT2D eigenvalue weighted by atomic mass is 14.7. The molecule has 0 bridgehead atoms. The van der Waals surface area contributed by atoms with Crippen molar-refractivity contribution < 1.29 is 0 Å². The maximum Gasteiger partial charge on any atom is 0.0629 e. The minimum Gasteiger partial charge on any atom is -0.256 e. The molecule has 0 saturated heterocycles. The van der Waals surface area contributed by atoms with E-state index in [0.29, 0.717) is 0 Å². The van der Waals surface area contributed by atoms with Gasteiger partial charge in [0.1, 0.15) is 0 Å². The first-order valence-corrected chi connectivity index (χ1v) is 7.01. The maximum absolute atomic E-state index is 4.50. The summed E-state index contributed by atoms with van der Waals surface area (Å²) in [5, 5.41) is 0. The Bertz CT molecular complexity index is 644. The average Bonchev–Trinajstić information content (AvgIpc) is 3.00. The van der Waals surface area contributed by atoms with Crippen LogP contribution in [0.2, 0.25) is 0 Å². The second-order valence-corrected chi connectivity index (χ2v) is 4.74. The Hall–Kier alpha value is -2.74. The third-order valence-electron chi connectivity index (χ3n) is 3.23. The smallest absolute Gasteiger partial charge is 0.0629 e. The van der Waals surface area contributed by atoms with E-state index in [-0.39, 0.29) is 0 Å². The van der Waals surface area contributed by atoms with Crippen molar-refractivity contribution in [3.05, 3.63) is 84.0 Å². The van der Waals surface area contributed by atoms with E-state index >= 15 is 0 Å². The van der Waals surface area contributed by atoms with Crippen molar-refractivity contribution in [2.75, 3.05) is 0 Å². The Morgan fingerprint density at radius 2 is 1.05 bits per heavy atom. The number of para-hydroxylation sites is 2. The van der Waals surface area contributed by atoms with E-state index in [1.165, 1.54) is 0 Å². The van der Waals surface area contributed by atoms with Gasteiger partial charge in [-0.15, -0.1) is 0 Å². The molecule has 2 heteroatoms. The Kier molecular flexibility index (Phi) is 4.18. The maximum atomic E-state index is 4.50. The summed E-state index contributed by atoms with van der Waals surface area (Å²) in [6, 6.07) is 19.9. The van der Waals surface area contributed by atoms with Crippen LogP contribution < -0.4 is 0 Å². The predicted molar refractivity (Wildman–Crippen MR) is 90.0 cm³/mol. The van der Waals surface area contributed by atoms with Crippen LogP contribution in [0, 0.1) is 0 Å². The summed E-state index contributed by atoms with van der Waals surface area (Å²) >= 11 is 0. The SMILES string of the molecule is C(=Nc1ccccc1)C1=CCC=C1C=Nc1ccccc1. The number of hydrogen-bond acceptors (Lipinski definition) is 2. The number of rotatable bonds is 4. The van der Waals surface area contributed by atoms with Crippen LogP contribution in [0.1, 0.15) is 6.42 Å². The number of benzene rings is 2. The van der Waals surface area contributed by atoms with Crippen molar-refractivity contribution in [1.82, 2.24) is 0 Å². The summed E-state index contributed by atoms with van der Waals surface area (Å²) in [5.74, 6) is 0. The van der Waals surface area contributed by atoms with E-state index in [2.05, 4.69) is 22.1 Å². The molecule has 2 aromatic carbocycles. The molecule has 1 aliphatic rings. The molecule has 0 fully saturated rings. The van der Waals surface area contributed by atoms with Crippen LogP contribution in [0.15, 0.2) is 93.9 Å². The first-order chi connectivity index (χ1) is 10.4. The standard InChI is InChI=1S/C19H16N2/c1-3-10-18(11-4-1)20-14-16-8-7-9-17(16)15-21-19-12-5-2-6-13-19/h1-6,8-15H,7H2. The van der Waals surface area contributed by atoms with Gasteiger partial charge in [-0.05, 0) is 41.8 Å². The molecule has 2 nitrogen and oxygen atoms in total. The molecule has 0 radical (unpaired) electrons.